The van der Waals surface area contributed by atoms with E-state index in [0.717, 1.165) is 24.8 Å². The molecule has 0 amide bonds. The first kappa shape index (κ1) is 7.76. The predicted octanol–water partition coefficient (Wildman–Crippen LogP) is 0.698. The Balaban J connectivity index is 2.36. The molecule has 2 N–H and O–H groups in total. The van der Waals surface area contributed by atoms with Crippen molar-refractivity contribution in [3.05, 3.63) is 11.6 Å². The van der Waals surface area contributed by atoms with Gasteiger partial charge in [-0.1, -0.05) is 6.08 Å². The molecular weight excluding hydrogens is 128 g/mol. The van der Waals surface area contributed by atoms with Gasteiger partial charge in [0.2, 0.25) is 0 Å². The summed E-state index contributed by atoms with van der Waals surface area (Å²) in [5.74, 6) is 0.440. The second-order valence-corrected chi connectivity index (χ2v) is 2.84. The van der Waals surface area contributed by atoms with E-state index >= 15 is 0 Å². The van der Waals surface area contributed by atoms with Gasteiger partial charge in [0.15, 0.2) is 0 Å². The highest BCUT2D eigenvalue weighted by atomic mass is 16.3. The van der Waals surface area contributed by atoms with Crippen LogP contribution in [0.25, 0.3) is 0 Å². The Morgan fingerprint density at radius 2 is 2.30 bits per heavy atom. The summed E-state index contributed by atoms with van der Waals surface area (Å²) >= 11 is 0. The molecule has 1 atom stereocenters. The molecule has 1 rings (SSSR count). The summed E-state index contributed by atoms with van der Waals surface area (Å²) in [5, 5.41) is 17.5. The number of allylic oxidation sites excluding steroid dienone is 1. The fraction of sp³-hybridized carbons (Fsp3) is 0.750. The van der Waals surface area contributed by atoms with Crippen molar-refractivity contribution in [1.82, 2.24) is 0 Å². The number of hydrogen-bond acceptors (Lipinski definition) is 2. The fourth-order valence-electron chi connectivity index (χ4n) is 1.25. The van der Waals surface area contributed by atoms with E-state index in [1.165, 1.54) is 0 Å². The van der Waals surface area contributed by atoms with Crippen molar-refractivity contribution in [2.45, 2.75) is 19.3 Å². The molecule has 0 saturated carbocycles. The molecule has 2 heteroatoms. The van der Waals surface area contributed by atoms with Gasteiger partial charge in [-0.3, -0.25) is 0 Å². The van der Waals surface area contributed by atoms with E-state index in [1.807, 2.05) is 6.08 Å². The molecule has 0 radical (unpaired) electrons. The number of aliphatic hydroxyl groups excluding tert-OH is 2. The molecule has 0 aromatic rings. The minimum Gasteiger partial charge on any atom is -0.396 e. The van der Waals surface area contributed by atoms with Crippen molar-refractivity contribution in [3.63, 3.8) is 0 Å². The molecule has 1 aliphatic rings. The first-order valence-corrected chi connectivity index (χ1v) is 3.76. The van der Waals surface area contributed by atoms with Gasteiger partial charge >= 0.3 is 0 Å². The zero-order valence-corrected chi connectivity index (χ0v) is 6.08. The second kappa shape index (κ2) is 3.74. The standard InChI is InChI=1S/C8H14O2/c9-5-7-1-2-8(6-10)4-3-7/h1,8-10H,2-6H2. The van der Waals surface area contributed by atoms with Crippen LogP contribution >= 0.6 is 0 Å². The number of hydrogen-bond donors (Lipinski definition) is 2. The Hall–Kier alpha value is -0.340. The summed E-state index contributed by atoms with van der Waals surface area (Å²) in [4.78, 5) is 0. The van der Waals surface area contributed by atoms with E-state index in [2.05, 4.69) is 0 Å². The van der Waals surface area contributed by atoms with Gasteiger partial charge in [0.25, 0.3) is 0 Å². The van der Waals surface area contributed by atoms with Crippen molar-refractivity contribution in [2.75, 3.05) is 13.2 Å². The molecule has 0 fully saturated rings. The first-order chi connectivity index (χ1) is 4.86. The summed E-state index contributed by atoms with van der Waals surface area (Å²) < 4.78 is 0. The van der Waals surface area contributed by atoms with E-state index in [-0.39, 0.29) is 13.2 Å². The minimum absolute atomic E-state index is 0.193. The molecule has 0 aromatic carbocycles. The van der Waals surface area contributed by atoms with Gasteiger partial charge < -0.3 is 10.2 Å². The second-order valence-electron chi connectivity index (χ2n) is 2.84. The Morgan fingerprint density at radius 3 is 2.70 bits per heavy atom. The highest BCUT2D eigenvalue weighted by molar-refractivity contribution is 5.06. The van der Waals surface area contributed by atoms with Crippen LogP contribution in [0.2, 0.25) is 0 Å². The lowest BCUT2D eigenvalue weighted by Gasteiger charge is -2.18. The van der Waals surface area contributed by atoms with E-state index in [0.29, 0.717) is 5.92 Å². The largest absolute Gasteiger partial charge is 0.396 e. The molecule has 10 heavy (non-hydrogen) atoms. The first-order valence-electron chi connectivity index (χ1n) is 3.76. The molecule has 1 aliphatic carbocycles. The van der Waals surface area contributed by atoms with E-state index in [4.69, 9.17) is 10.2 Å². The SMILES string of the molecule is OCC1=CCC(CO)CC1. The fourth-order valence-corrected chi connectivity index (χ4v) is 1.25. The molecule has 0 bridgehead atoms. The van der Waals surface area contributed by atoms with Crippen molar-refractivity contribution in [2.24, 2.45) is 5.92 Å². The van der Waals surface area contributed by atoms with E-state index in [9.17, 15) is 0 Å². The predicted molar refractivity (Wildman–Crippen MR) is 39.6 cm³/mol. The van der Waals surface area contributed by atoms with Crippen LogP contribution in [0.1, 0.15) is 19.3 Å². The van der Waals surface area contributed by atoms with Crippen LogP contribution < -0.4 is 0 Å². The number of rotatable bonds is 2. The van der Waals surface area contributed by atoms with Gasteiger partial charge in [-0.05, 0) is 30.8 Å². The van der Waals surface area contributed by atoms with Gasteiger partial charge in [0.1, 0.15) is 0 Å². The van der Waals surface area contributed by atoms with Gasteiger partial charge in [0.05, 0.1) is 6.61 Å². The van der Waals surface area contributed by atoms with Crippen LogP contribution in [-0.4, -0.2) is 23.4 Å². The zero-order valence-electron chi connectivity index (χ0n) is 6.08. The number of aliphatic hydroxyl groups is 2. The maximum absolute atomic E-state index is 8.76. The van der Waals surface area contributed by atoms with E-state index in [1.54, 1.807) is 0 Å². The lowest BCUT2D eigenvalue weighted by atomic mass is 9.91. The normalized spacial score (nSPS) is 26.2. The summed E-state index contributed by atoms with van der Waals surface area (Å²) in [5.41, 5.74) is 1.13. The van der Waals surface area contributed by atoms with E-state index < -0.39 is 0 Å². The highest BCUT2D eigenvalue weighted by Crippen LogP contribution is 2.22. The van der Waals surface area contributed by atoms with Crippen LogP contribution in [0.3, 0.4) is 0 Å². The van der Waals surface area contributed by atoms with Gasteiger partial charge in [-0.2, -0.15) is 0 Å². The van der Waals surface area contributed by atoms with Crippen molar-refractivity contribution in [1.29, 1.82) is 0 Å². The van der Waals surface area contributed by atoms with Crippen LogP contribution in [0.5, 0.6) is 0 Å². The maximum atomic E-state index is 8.76. The zero-order chi connectivity index (χ0) is 7.40. The molecule has 0 aromatic heterocycles. The third kappa shape index (κ3) is 1.82. The molecule has 0 heterocycles. The molecule has 1 unspecified atom stereocenters. The monoisotopic (exact) mass is 142 g/mol. The maximum Gasteiger partial charge on any atom is 0.0641 e. The highest BCUT2D eigenvalue weighted by Gasteiger charge is 2.11. The summed E-state index contributed by atoms with van der Waals surface area (Å²) in [6, 6.07) is 0. The Bertz CT molecular complexity index is 129. The third-order valence-corrected chi connectivity index (χ3v) is 2.07. The molecule has 58 valence electrons. The lowest BCUT2D eigenvalue weighted by Crippen LogP contribution is -2.10. The minimum atomic E-state index is 0.193. The molecular formula is C8H14O2. The Kier molecular flexibility index (Phi) is 2.90. The van der Waals surface area contributed by atoms with Crippen molar-refractivity contribution in [3.8, 4) is 0 Å². The lowest BCUT2D eigenvalue weighted by molar-refractivity contribution is 0.212. The average molecular weight is 142 g/mol. The van der Waals surface area contributed by atoms with Gasteiger partial charge in [-0.25, -0.2) is 0 Å². The Morgan fingerprint density at radius 1 is 1.50 bits per heavy atom. The summed E-state index contributed by atoms with van der Waals surface area (Å²) in [7, 11) is 0. The van der Waals surface area contributed by atoms with Crippen LogP contribution in [-0.2, 0) is 0 Å². The summed E-state index contributed by atoms with van der Waals surface area (Å²) in [6.45, 7) is 0.480. The van der Waals surface area contributed by atoms with Gasteiger partial charge in [-0.15, -0.1) is 0 Å². The average Bonchev–Trinajstić information content (AvgIpc) is 2.05. The summed E-state index contributed by atoms with van der Waals surface area (Å²) in [6.07, 6.45) is 4.97. The topological polar surface area (TPSA) is 40.5 Å². The third-order valence-electron chi connectivity index (χ3n) is 2.07. The Labute approximate surface area is 61.2 Å². The molecule has 0 aliphatic heterocycles. The van der Waals surface area contributed by atoms with Crippen molar-refractivity contribution < 1.29 is 10.2 Å². The van der Waals surface area contributed by atoms with Crippen LogP contribution in [0.15, 0.2) is 11.6 Å². The molecule has 2 nitrogen and oxygen atoms in total. The molecule has 0 saturated heterocycles. The van der Waals surface area contributed by atoms with Crippen molar-refractivity contribution >= 4 is 0 Å². The quantitative estimate of drug-likeness (QED) is 0.557. The van der Waals surface area contributed by atoms with Crippen LogP contribution in [0, 0.1) is 5.92 Å². The van der Waals surface area contributed by atoms with Crippen LogP contribution in [0.4, 0.5) is 0 Å². The molecule has 0 spiro atoms. The van der Waals surface area contributed by atoms with Gasteiger partial charge in [0, 0.05) is 6.61 Å². The smallest absolute Gasteiger partial charge is 0.0641 e.